The van der Waals surface area contributed by atoms with Crippen molar-refractivity contribution in [1.82, 2.24) is 0 Å². The van der Waals surface area contributed by atoms with Crippen molar-refractivity contribution in [3.8, 4) is 0 Å². The van der Waals surface area contributed by atoms with Crippen LogP contribution in [0.2, 0.25) is 0 Å². The van der Waals surface area contributed by atoms with E-state index in [-0.39, 0.29) is 0 Å². The molecule has 0 heterocycles. The number of benzene rings is 2. The molecule has 0 amide bonds. The first-order valence-corrected chi connectivity index (χ1v) is 7.54. The highest BCUT2D eigenvalue weighted by Crippen LogP contribution is 2.32. The largest absolute Gasteiger partial charge is 0.416 e. The topological polar surface area (TPSA) is 26.0 Å². The third-order valence-electron chi connectivity index (χ3n) is 2.89. The van der Waals surface area contributed by atoms with Crippen molar-refractivity contribution in [3.63, 3.8) is 0 Å². The second kappa shape index (κ2) is 6.03. The van der Waals surface area contributed by atoms with Crippen LogP contribution < -0.4 is 5.73 Å². The zero-order valence-electron chi connectivity index (χ0n) is 10.1. The van der Waals surface area contributed by atoms with Crippen LogP contribution in [0.5, 0.6) is 0 Å². The van der Waals surface area contributed by atoms with Crippen molar-refractivity contribution in [2.24, 2.45) is 5.73 Å². The standard InChI is InChI=1S/C14H10BrF3IN/c15-12-6-5-10(19)7-11(12)13(20)8-1-3-9(4-2-8)14(16,17)18/h1-7,13H,20H2. The van der Waals surface area contributed by atoms with Crippen molar-refractivity contribution < 1.29 is 13.2 Å². The normalized spacial score (nSPS) is 13.3. The average Bonchev–Trinajstić information content (AvgIpc) is 2.40. The van der Waals surface area contributed by atoms with Crippen LogP contribution in [0.4, 0.5) is 13.2 Å². The minimum atomic E-state index is -4.33. The second-order valence-electron chi connectivity index (χ2n) is 4.26. The smallest absolute Gasteiger partial charge is 0.320 e. The highest BCUT2D eigenvalue weighted by Gasteiger charge is 2.30. The van der Waals surface area contributed by atoms with Gasteiger partial charge in [0.2, 0.25) is 0 Å². The van der Waals surface area contributed by atoms with Gasteiger partial charge in [-0.15, -0.1) is 0 Å². The maximum atomic E-state index is 12.5. The van der Waals surface area contributed by atoms with Crippen LogP contribution in [0.25, 0.3) is 0 Å². The lowest BCUT2D eigenvalue weighted by Crippen LogP contribution is -2.13. The molecule has 2 N–H and O–H groups in total. The molecule has 0 aliphatic heterocycles. The van der Waals surface area contributed by atoms with Gasteiger partial charge in [0.1, 0.15) is 0 Å². The van der Waals surface area contributed by atoms with Crippen LogP contribution in [0, 0.1) is 3.57 Å². The predicted molar refractivity (Wildman–Crippen MR) is 84.3 cm³/mol. The number of nitrogens with two attached hydrogens (primary N) is 1. The first-order valence-electron chi connectivity index (χ1n) is 5.66. The zero-order chi connectivity index (χ0) is 14.9. The van der Waals surface area contributed by atoms with Crippen molar-refractivity contribution in [2.45, 2.75) is 12.2 Å². The summed E-state index contributed by atoms with van der Waals surface area (Å²) in [5, 5.41) is 0. The summed E-state index contributed by atoms with van der Waals surface area (Å²) in [7, 11) is 0. The van der Waals surface area contributed by atoms with E-state index in [0.717, 1.165) is 25.7 Å². The molecule has 0 aliphatic rings. The van der Waals surface area contributed by atoms with E-state index in [2.05, 4.69) is 38.5 Å². The van der Waals surface area contributed by atoms with Crippen molar-refractivity contribution in [2.75, 3.05) is 0 Å². The van der Waals surface area contributed by atoms with Crippen LogP contribution in [0.3, 0.4) is 0 Å². The van der Waals surface area contributed by atoms with Gasteiger partial charge in [-0.1, -0.05) is 28.1 Å². The Morgan fingerprint density at radius 1 is 1.05 bits per heavy atom. The van der Waals surface area contributed by atoms with Gasteiger partial charge in [0.25, 0.3) is 0 Å². The molecule has 2 aromatic rings. The monoisotopic (exact) mass is 455 g/mol. The fourth-order valence-electron chi connectivity index (χ4n) is 1.81. The van der Waals surface area contributed by atoms with Crippen LogP contribution in [-0.4, -0.2) is 0 Å². The maximum Gasteiger partial charge on any atom is 0.416 e. The molecule has 0 radical (unpaired) electrons. The molecular formula is C14H10BrF3IN. The Balaban J connectivity index is 2.34. The Kier molecular flexibility index (Phi) is 4.76. The molecule has 0 fully saturated rings. The molecular weight excluding hydrogens is 446 g/mol. The minimum absolute atomic E-state index is 0.471. The summed E-state index contributed by atoms with van der Waals surface area (Å²) in [5.74, 6) is 0. The van der Waals surface area contributed by atoms with Crippen molar-refractivity contribution >= 4 is 38.5 Å². The lowest BCUT2D eigenvalue weighted by Gasteiger charge is -2.16. The van der Waals surface area contributed by atoms with Gasteiger partial charge in [0, 0.05) is 8.04 Å². The Morgan fingerprint density at radius 3 is 2.20 bits per heavy atom. The Bertz CT molecular complexity index is 611. The van der Waals surface area contributed by atoms with E-state index in [1.807, 2.05) is 18.2 Å². The van der Waals surface area contributed by atoms with Crippen LogP contribution in [0.15, 0.2) is 46.9 Å². The van der Waals surface area contributed by atoms with Crippen LogP contribution in [-0.2, 0) is 6.18 Å². The van der Waals surface area contributed by atoms with E-state index >= 15 is 0 Å². The van der Waals surface area contributed by atoms with Gasteiger partial charge < -0.3 is 5.73 Å². The first-order chi connectivity index (χ1) is 9.29. The van der Waals surface area contributed by atoms with E-state index in [1.165, 1.54) is 12.1 Å². The summed E-state index contributed by atoms with van der Waals surface area (Å²) >= 11 is 5.58. The van der Waals surface area contributed by atoms with Crippen LogP contribution >= 0.6 is 38.5 Å². The van der Waals surface area contributed by atoms with Crippen LogP contribution in [0.1, 0.15) is 22.7 Å². The summed E-state index contributed by atoms with van der Waals surface area (Å²) in [6, 6.07) is 10.2. The Morgan fingerprint density at radius 2 is 1.65 bits per heavy atom. The molecule has 0 aromatic heterocycles. The second-order valence-corrected chi connectivity index (χ2v) is 6.36. The van der Waals surface area contributed by atoms with E-state index < -0.39 is 17.8 Å². The van der Waals surface area contributed by atoms with Crippen molar-refractivity contribution in [3.05, 3.63) is 67.2 Å². The Labute approximate surface area is 136 Å². The molecule has 2 rings (SSSR count). The molecule has 0 saturated carbocycles. The first kappa shape index (κ1) is 15.8. The van der Waals surface area contributed by atoms with Gasteiger partial charge in [0.15, 0.2) is 0 Å². The highest BCUT2D eigenvalue weighted by molar-refractivity contribution is 14.1. The molecule has 0 aliphatic carbocycles. The lowest BCUT2D eigenvalue weighted by atomic mass is 9.98. The van der Waals surface area contributed by atoms with E-state index in [1.54, 1.807) is 0 Å². The third-order valence-corrected chi connectivity index (χ3v) is 4.28. The van der Waals surface area contributed by atoms with Gasteiger partial charge in [-0.05, 0) is 64.0 Å². The molecule has 106 valence electrons. The summed E-state index contributed by atoms with van der Waals surface area (Å²) in [5.41, 5.74) is 6.94. The SMILES string of the molecule is NC(c1ccc(C(F)(F)F)cc1)c1cc(I)ccc1Br. The molecule has 0 saturated heterocycles. The predicted octanol–water partition coefficient (Wildman–Crippen LogP) is 5.12. The summed E-state index contributed by atoms with van der Waals surface area (Å²) < 4.78 is 39.4. The van der Waals surface area contributed by atoms with Crippen molar-refractivity contribution in [1.29, 1.82) is 0 Å². The molecule has 1 nitrogen and oxygen atoms in total. The molecule has 6 heteroatoms. The Hall–Kier alpha value is -0.600. The fourth-order valence-corrected chi connectivity index (χ4v) is 2.82. The maximum absolute atomic E-state index is 12.5. The average molecular weight is 456 g/mol. The number of hydrogen-bond donors (Lipinski definition) is 1. The highest BCUT2D eigenvalue weighted by atomic mass is 127. The fraction of sp³-hybridized carbons (Fsp3) is 0.143. The van der Waals surface area contributed by atoms with E-state index in [9.17, 15) is 13.2 Å². The van der Waals surface area contributed by atoms with Gasteiger partial charge in [-0.2, -0.15) is 13.2 Å². The summed E-state index contributed by atoms with van der Waals surface area (Å²) in [6.07, 6.45) is -4.33. The van der Waals surface area contributed by atoms with Gasteiger partial charge in [-0.3, -0.25) is 0 Å². The van der Waals surface area contributed by atoms with E-state index in [0.29, 0.717) is 5.56 Å². The minimum Gasteiger partial charge on any atom is -0.320 e. The summed E-state index contributed by atoms with van der Waals surface area (Å²) in [6.45, 7) is 0. The molecule has 1 atom stereocenters. The number of rotatable bonds is 2. The summed E-state index contributed by atoms with van der Waals surface area (Å²) in [4.78, 5) is 0. The molecule has 20 heavy (non-hydrogen) atoms. The quantitative estimate of drug-likeness (QED) is 0.625. The molecule has 1 unspecified atom stereocenters. The molecule has 0 spiro atoms. The van der Waals surface area contributed by atoms with Gasteiger partial charge in [-0.25, -0.2) is 0 Å². The van der Waals surface area contributed by atoms with Gasteiger partial charge in [0.05, 0.1) is 11.6 Å². The number of hydrogen-bond acceptors (Lipinski definition) is 1. The van der Waals surface area contributed by atoms with Gasteiger partial charge >= 0.3 is 6.18 Å². The lowest BCUT2D eigenvalue weighted by molar-refractivity contribution is -0.137. The molecule has 2 aromatic carbocycles. The number of halogens is 5. The zero-order valence-corrected chi connectivity index (χ0v) is 13.8. The third kappa shape index (κ3) is 3.53. The van der Waals surface area contributed by atoms with E-state index in [4.69, 9.17) is 5.73 Å². The molecule has 0 bridgehead atoms. The number of alkyl halides is 3.